The Morgan fingerprint density at radius 1 is 1.16 bits per heavy atom. The fraction of sp³-hybridized carbons (Fsp3) is 0.647. The van der Waals surface area contributed by atoms with Gasteiger partial charge >= 0.3 is 0 Å². The van der Waals surface area contributed by atoms with Crippen LogP contribution in [0.5, 0.6) is 0 Å². The van der Waals surface area contributed by atoms with E-state index in [1.807, 2.05) is 39.8 Å². The Morgan fingerprint density at radius 3 is 2.37 bits per heavy atom. The molecule has 1 aliphatic heterocycles. The summed E-state index contributed by atoms with van der Waals surface area (Å²) in [7, 11) is 0. The van der Waals surface area contributed by atoms with E-state index in [4.69, 9.17) is 9.47 Å². The van der Waals surface area contributed by atoms with Crippen molar-refractivity contribution in [2.45, 2.75) is 47.5 Å². The normalized spacial score (nSPS) is 18.7. The average Bonchev–Trinajstić information content (AvgIpc) is 2.71. The van der Waals surface area contributed by atoms with E-state index in [1.165, 1.54) is 0 Å². The van der Waals surface area contributed by atoms with Gasteiger partial charge in [-0.1, -0.05) is 52.8 Å². The molecule has 2 rings (SSSR count). The van der Waals surface area contributed by atoms with Gasteiger partial charge in [-0.15, -0.1) is 0 Å². The van der Waals surface area contributed by atoms with Crippen LogP contribution in [0.15, 0.2) is 36.1 Å². The van der Waals surface area contributed by atoms with E-state index in [0.29, 0.717) is 0 Å². The molecular formula is C17H30O2. The topological polar surface area (TPSA) is 18.5 Å². The van der Waals surface area contributed by atoms with Crippen molar-refractivity contribution < 1.29 is 9.47 Å². The van der Waals surface area contributed by atoms with Crippen LogP contribution in [0.4, 0.5) is 0 Å². The van der Waals surface area contributed by atoms with Crippen LogP contribution in [0.1, 0.15) is 47.5 Å². The van der Waals surface area contributed by atoms with Gasteiger partial charge in [-0.05, 0) is 25.0 Å². The second kappa shape index (κ2) is 10.9. The van der Waals surface area contributed by atoms with Crippen LogP contribution in [0.2, 0.25) is 0 Å². The Labute approximate surface area is 119 Å². The van der Waals surface area contributed by atoms with Gasteiger partial charge in [0.25, 0.3) is 0 Å². The average molecular weight is 266 g/mol. The molecule has 0 aromatic heterocycles. The first-order chi connectivity index (χ1) is 9.35. The van der Waals surface area contributed by atoms with Crippen molar-refractivity contribution in [2.24, 2.45) is 5.41 Å². The van der Waals surface area contributed by atoms with Crippen LogP contribution in [-0.4, -0.2) is 19.8 Å². The Balaban J connectivity index is 0.000000741. The second-order valence-electron chi connectivity index (χ2n) is 4.26. The largest absolute Gasteiger partial charge is 0.493 e. The quantitative estimate of drug-likeness (QED) is 0.722. The van der Waals surface area contributed by atoms with Crippen molar-refractivity contribution in [3.05, 3.63) is 36.1 Å². The molecule has 0 saturated carbocycles. The maximum atomic E-state index is 5.82. The summed E-state index contributed by atoms with van der Waals surface area (Å²) in [6, 6.07) is 0. The summed E-state index contributed by atoms with van der Waals surface area (Å²) < 4.78 is 11.1. The Bertz CT molecular complexity index is 291. The third kappa shape index (κ3) is 6.11. The van der Waals surface area contributed by atoms with Gasteiger partial charge in [-0.3, -0.25) is 0 Å². The summed E-state index contributed by atoms with van der Waals surface area (Å²) in [6.07, 6.45) is 12.4. The van der Waals surface area contributed by atoms with Crippen molar-refractivity contribution in [1.82, 2.24) is 0 Å². The predicted octanol–water partition coefficient (Wildman–Crippen LogP) is 4.88. The van der Waals surface area contributed by atoms with Crippen LogP contribution in [0.3, 0.4) is 0 Å². The Morgan fingerprint density at radius 2 is 1.84 bits per heavy atom. The molecule has 0 amide bonds. The van der Waals surface area contributed by atoms with E-state index in [9.17, 15) is 0 Å². The number of hydrogen-bond acceptors (Lipinski definition) is 2. The van der Waals surface area contributed by atoms with Gasteiger partial charge in [0.1, 0.15) is 5.76 Å². The first kappa shape index (κ1) is 18.0. The molecule has 1 saturated heterocycles. The molecule has 0 bridgehead atoms. The van der Waals surface area contributed by atoms with E-state index in [-0.39, 0.29) is 5.41 Å². The molecule has 0 radical (unpaired) electrons. The van der Waals surface area contributed by atoms with Crippen LogP contribution < -0.4 is 0 Å². The van der Waals surface area contributed by atoms with Gasteiger partial charge < -0.3 is 9.47 Å². The van der Waals surface area contributed by atoms with Crippen LogP contribution >= 0.6 is 0 Å². The van der Waals surface area contributed by atoms with E-state index in [0.717, 1.165) is 38.4 Å². The lowest BCUT2D eigenvalue weighted by atomic mass is 9.84. The van der Waals surface area contributed by atoms with Crippen LogP contribution in [-0.2, 0) is 9.47 Å². The van der Waals surface area contributed by atoms with Gasteiger partial charge in [0.05, 0.1) is 25.2 Å². The van der Waals surface area contributed by atoms with E-state index >= 15 is 0 Å². The minimum Gasteiger partial charge on any atom is -0.493 e. The molecular weight excluding hydrogens is 236 g/mol. The van der Waals surface area contributed by atoms with Crippen molar-refractivity contribution in [2.75, 3.05) is 19.8 Å². The summed E-state index contributed by atoms with van der Waals surface area (Å²) in [5.41, 5.74) is 0.272. The van der Waals surface area contributed by atoms with Gasteiger partial charge in [0, 0.05) is 0 Å². The Hall–Kier alpha value is -1.02. The first-order valence-corrected chi connectivity index (χ1v) is 7.59. The summed E-state index contributed by atoms with van der Waals surface area (Å²) in [5, 5.41) is 0. The number of ether oxygens (including phenoxy) is 2. The highest BCUT2D eigenvalue weighted by Gasteiger charge is 2.37. The van der Waals surface area contributed by atoms with Gasteiger partial charge in [-0.2, -0.15) is 0 Å². The molecule has 1 heterocycles. The molecule has 2 nitrogen and oxygen atoms in total. The Kier molecular flexibility index (Phi) is 10.3. The van der Waals surface area contributed by atoms with Crippen molar-refractivity contribution >= 4 is 0 Å². The monoisotopic (exact) mass is 266 g/mol. The molecule has 0 N–H and O–H groups in total. The van der Waals surface area contributed by atoms with Crippen molar-refractivity contribution in [3.63, 3.8) is 0 Å². The molecule has 0 atom stereocenters. The molecule has 1 fully saturated rings. The van der Waals surface area contributed by atoms with Crippen molar-refractivity contribution in [3.8, 4) is 0 Å². The lowest BCUT2D eigenvalue weighted by molar-refractivity contribution is -0.141. The predicted molar refractivity (Wildman–Crippen MR) is 83.2 cm³/mol. The summed E-state index contributed by atoms with van der Waals surface area (Å²) in [4.78, 5) is 0. The molecule has 19 heavy (non-hydrogen) atoms. The minimum absolute atomic E-state index is 0.272. The molecule has 0 spiro atoms. The van der Waals surface area contributed by atoms with Crippen LogP contribution in [0.25, 0.3) is 0 Å². The highest BCUT2D eigenvalue weighted by atomic mass is 16.5. The fourth-order valence-corrected chi connectivity index (χ4v) is 1.68. The molecule has 0 aromatic rings. The maximum absolute atomic E-state index is 5.82. The molecule has 2 aliphatic rings. The SMILES string of the molecule is CC.CC.CCC1(COC2=CCC=CC=C2)COC1. The lowest BCUT2D eigenvalue weighted by Gasteiger charge is -2.40. The summed E-state index contributed by atoms with van der Waals surface area (Å²) in [5.74, 6) is 0.986. The standard InChI is InChI=1S/C13H18O2.2C2H6/c1-2-13(9-14-10-13)11-15-12-7-5-3-4-6-8-12;2*1-2/h3-5,7-8H,2,6,9-11H2,1H3;2*1-2H3. The number of rotatable bonds is 4. The van der Waals surface area contributed by atoms with Crippen LogP contribution in [0, 0.1) is 5.41 Å². The zero-order chi connectivity index (χ0) is 14.6. The second-order valence-corrected chi connectivity index (χ2v) is 4.26. The maximum Gasteiger partial charge on any atom is 0.115 e. The smallest absolute Gasteiger partial charge is 0.115 e. The van der Waals surface area contributed by atoms with E-state index in [1.54, 1.807) is 0 Å². The van der Waals surface area contributed by atoms with Gasteiger partial charge in [-0.25, -0.2) is 0 Å². The highest BCUT2D eigenvalue weighted by molar-refractivity contribution is 5.22. The lowest BCUT2D eigenvalue weighted by Crippen LogP contribution is -2.45. The highest BCUT2D eigenvalue weighted by Crippen LogP contribution is 2.32. The first-order valence-electron chi connectivity index (χ1n) is 7.59. The van der Waals surface area contributed by atoms with Crippen molar-refractivity contribution in [1.29, 1.82) is 0 Å². The number of allylic oxidation sites excluding steroid dienone is 5. The third-order valence-corrected chi connectivity index (χ3v) is 3.07. The molecule has 1 aliphatic carbocycles. The fourth-order valence-electron chi connectivity index (χ4n) is 1.68. The van der Waals surface area contributed by atoms with E-state index < -0.39 is 0 Å². The zero-order valence-electron chi connectivity index (χ0n) is 13.2. The molecule has 0 unspecified atom stereocenters. The third-order valence-electron chi connectivity index (χ3n) is 3.07. The summed E-state index contributed by atoms with van der Waals surface area (Å²) >= 11 is 0. The molecule has 110 valence electrons. The number of hydrogen-bond donors (Lipinski definition) is 0. The van der Waals surface area contributed by atoms with E-state index in [2.05, 4.69) is 25.2 Å². The summed E-state index contributed by atoms with van der Waals surface area (Å²) in [6.45, 7) is 12.7. The molecule has 2 heteroatoms. The molecule has 0 aromatic carbocycles. The van der Waals surface area contributed by atoms with Gasteiger partial charge in [0.15, 0.2) is 0 Å². The van der Waals surface area contributed by atoms with Gasteiger partial charge in [0.2, 0.25) is 0 Å². The zero-order valence-corrected chi connectivity index (χ0v) is 13.2. The minimum atomic E-state index is 0.272.